The minimum atomic E-state index is 0.801. The molecule has 11 heavy (non-hydrogen) atoms. The van der Waals surface area contributed by atoms with Gasteiger partial charge in [-0.05, 0) is 37.1 Å². The van der Waals surface area contributed by atoms with Crippen LogP contribution in [0.2, 0.25) is 0 Å². The molecule has 1 unspecified atom stereocenters. The van der Waals surface area contributed by atoms with Crippen molar-refractivity contribution in [2.45, 2.75) is 33.1 Å². The highest BCUT2D eigenvalue weighted by atomic mass is 15.2. The third-order valence-electron chi connectivity index (χ3n) is 3.55. The number of nitrogens with zero attached hydrogens (tertiary/aromatic N) is 1. The summed E-state index contributed by atoms with van der Waals surface area (Å²) in [7, 11) is 0. The fraction of sp³-hybridized carbons (Fsp3) is 1.00. The molecule has 2 aliphatic rings. The van der Waals surface area contributed by atoms with E-state index in [1.54, 1.807) is 0 Å². The summed E-state index contributed by atoms with van der Waals surface area (Å²) in [6.07, 6.45) is 4.34. The minimum Gasteiger partial charge on any atom is -0.302 e. The van der Waals surface area contributed by atoms with Crippen molar-refractivity contribution in [1.29, 1.82) is 0 Å². The van der Waals surface area contributed by atoms with Crippen LogP contribution in [0, 0.1) is 11.3 Å². The highest BCUT2D eigenvalue weighted by Crippen LogP contribution is 2.55. The van der Waals surface area contributed by atoms with Crippen molar-refractivity contribution in [3.05, 3.63) is 0 Å². The van der Waals surface area contributed by atoms with Crippen LogP contribution in [-0.2, 0) is 0 Å². The van der Waals surface area contributed by atoms with Crippen LogP contribution >= 0.6 is 0 Å². The normalized spacial score (nSPS) is 34.9. The second-order valence-corrected chi connectivity index (χ2v) is 4.50. The Morgan fingerprint density at radius 1 is 1.45 bits per heavy atom. The van der Waals surface area contributed by atoms with Crippen molar-refractivity contribution in [3.8, 4) is 0 Å². The lowest BCUT2D eigenvalue weighted by Gasteiger charge is -2.13. The van der Waals surface area contributed by atoms with Crippen molar-refractivity contribution >= 4 is 0 Å². The number of hydrogen-bond acceptors (Lipinski definition) is 1. The molecule has 0 radical (unpaired) electrons. The number of hydrogen-bond donors (Lipinski definition) is 0. The van der Waals surface area contributed by atoms with Gasteiger partial charge in [0.15, 0.2) is 0 Å². The van der Waals surface area contributed by atoms with Gasteiger partial charge in [-0.2, -0.15) is 0 Å². The van der Waals surface area contributed by atoms with E-state index in [1.807, 2.05) is 0 Å². The minimum absolute atomic E-state index is 0.801. The first-order chi connectivity index (χ1) is 5.27. The molecule has 0 amide bonds. The largest absolute Gasteiger partial charge is 0.302 e. The molecule has 0 aromatic heterocycles. The second kappa shape index (κ2) is 2.48. The average molecular weight is 153 g/mol. The first kappa shape index (κ1) is 7.60. The smallest absolute Gasteiger partial charge is 0.00411 e. The molecule has 2 rings (SSSR count). The van der Waals surface area contributed by atoms with E-state index in [1.165, 1.54) is 38.9 Å². The van der Waals surface area contributed by atoms with Crippen molar-refractivity contribution in [2.24, 2.45) is 11.3 Å². The zero-order valence-corrected chi connectivity index (χ0v) is 7.77. The molecule has 1 heterocycles. The molecular weight excluding hydrogens is 134 g/mol. The zero-order valence-electron chi connectivity index (χ0n) is 7.77. The van der Waals surface area contributed by atoms with Crippen LogP contribution in [0.4, 0.5) is 0 Å². The molecule has 1 aliphatic heterocycles. The van der Waals surface area contributed by atoms with Crippen molar-refractivity contribution in [1.82, 2.24) is 4.90 Å². The van der Waals surface area contributed by atoms with Gasteiger partial charge < -0.3 is 4.90 Å². The highest BCUT2D eigenvalue weighted by molar-refractivity contribution is 5.04. The van der Waals surface area contributed by atoms with E-state index in [0.717, 1.165) is 11.3 Å². The average Bonchev–Trinajstić information content (AvgIpc) is 2.63. The summed E-state index contributed by atoms with van der Waals surface area (Å²) in [5.74, 6) is 0.981. The maximum absolute atomic E-state index is 2.65. The van der Waals surface area contributed by atoms with Crippen LogP contribution in [0.25, 0.3) is 0 Å². The predicted molar refractivity (Wildman–Crippen MR) is 47.6 cm³/mol. The summed E-state index contributed by atoms with van der Waals surface area (Å²) in [6.45, 7) is 8.81. The van der Waals surface area contributed by atoms with Gasteiger partial charge in [0.05, 0.1) is 0 Å². The third kappa shape index (κ3) is 1.20. The van der Waals surface area contributed by atoms with Crippen molar-refractivity contribution in [2.75, 3.05) is 19.6 Å². The Morgan fingerprint density at radius 3 is 2.64 bits per heavy atom. The van der Waals surface area contributed by atoms with Gasteiger partial charge in [-0.1, -0.05) is 13.8 Å². The summed E-state index contributed by atoms with van der Waals surface area (Å²) in [5, 5.41) is 0. The fourth-order valence-corrected chi connectivity index (χ4v) is 2.54. The zero-order chi connectivity index (χ0) is 7.90. The molecule has 0 N–H and O–H groups in total. The summed E-state index contributed by atoms with van der Waals surface area (Å²) in [4.78, 5) is 2.65. The van der Waals surface area contributed by atoms with Crippen molar-refractivity contribution < 1.29 is 0 Å². The molecule has 64 valence electrons. The lowest BCUT2D eigenvalue weighted by molar-refractivity contribution is 0.320. The van der Waals surface area contributed by atoms with E-state index in [4.69, 9.17) is 0 Å². The lowest BCUT2D eigenvalue weighted by Crippen LogP contribution is -2.21. The monoisotopic (exact) mass is 153 g/mol. The van der Waals surface area contributed by atoms with Gasteiger partial charge in [0, 0.05) is 13.1 Å². The van der Waals surface area contributed by atoms with Gasteiger partial charge in [-0.15, -0.1) is 0 Å². The van der Waals surface area contributed by atoms with Gasteiger partial charge in [0.25, 0.3) is 0 Å². The second-order valence-electron chi connectivity index (χ2n) is 4.50. The van der Waals surface area contributed by atoms with Crippen molar-refractivity contribution in [3.63, 3.8) is 0 Å². The maximum atomic E-state index is 2.65. The molecule has 0 aromatic rings. The quantitative estimate of drug-likeness (QED) is 0.587. The Labute approximate surface area is 69.8 Å². The Bertz CT molecular complexity index is 149. The molecule has 1 spiro atoms. The van der Waals surface area contributed by atoms with Crippen LogP contribution in [0.5, 0.6) is 0 Å². The molecule has 1 atom stereocenters. The van der Waals surface area contributed by atoms with E-state index < -0.39 is 0 Å². The highest BCUT2D eigenvalue weighted by Gasteiger charge is 2.52. The maximum Gasteiger partial charge on any atom is 0.00411 e. The Balaban J connectivity index is 1.91. The molecule has 0 bridgehead atoms. The molecule has 1 aliphatic carbocycles. The van der Waals surface area contributed by atoms with E-state index >= 15 is 0 Å². The summed E-state index contributed by atoms with van der Waals surface area (Å²) >= 11 is 0. The summed E-state index contributed by atoms with van der Waals surface area (Å²) in [5.41, 5.74) is 0.801. The van der Waals surface area contributed by atoms with Gasteiger partial charge in [0.1, 0.15) is 0 Å². The van der Waals surface area contributed by atoms with E-state index in [-0.39, 0.29) is 0 Å². The third-order valence-corrected chi connectivity index (χ3v) is 3.55. The topological polar surface area (TPSA) is 3.24 Å². The number of rotatable bonds is 2. The molecule has 1 nitrogen and oxygen atoms in total. The first-order valence-corrected chi connectivity index (χ1v) is 4.99. The molecule has 1 saturated carbocycles. The number of likely N-dealkylation sites (tertiary alicyclic amines) is 1. The van der Waals surface area contributed by atoms with Crippen LogP contribution < -0.4 is 0 Å². The van der Waals surface area contributed by atoms with E-state index in [9.17, 15) is 0 Å². The first-order valence-electron chi connectivity index (χ1n) is 4.99. The van der Waals surface area contributed by atoms with Crippen LogP contribution in [-0.4, -0.2) is 24.5 Å². The van der Waals surface area contributed by atoms with Crippen LogP contribution in [0.1, 0.15) is 33.1 Å². The van der Waals surface area contributed by atoms with Crippen LogP contribution in [0.3, 0.4) is 0 Å². The fourth-order valence-electron chi connectivity index (χ4n) is 2.54. The Morgan fingerprint density at radius 2 is 2.18 bits per heavy atom. The molecule has 1 heteroatoms. The lowest BCUT2D eigenvalue weighted by atomic mass is 9.95. The predicted octanol–water partition coefficient (Wildman–Crippen LogP) is 2.13. The standard InChI is InChI=1S/C10H19N/c1-3-6-11-7-9(2)10(8-11)4-5-10/h9H,3-8H2,1-2H3. The summed E-state index contributed by atoms with van der Waals surface area (Å²) in [6, 6.07) is 0. The molecular formula is C10H19N. The SMILES string of the molecule is CCCN1CC(C)C2(CC2)C1. The molecule has 1 saturated heterocycles. The molecule has 0 aromatic carbocycles. The van der Waals surface area contributed by atoms with Gasteiger partial charge in [-0.3, -0.25) is 0 Å². The van der Waals surface area contributed by atoms with Crippen LogP contribution in [0.15, 0.2) is 0 Å². The van der Waals surface area contributed by atoms with E-state index in [0.29, 0.717) is 0 Å². The van der Waals surface area contributed by atoms with Gasteiger partial charge in [-0.25, -0.2) is 0 Å². The van der Waals surface area contributed by atoms with Gasteiger partial charge in [0.2, 0.25) is 0 Å². The Hall–Kier alpha value is -0.0400. The molecule has 2 fully saturated rings. The summed E-state index contributed by atoms with van der Waals surface area (Å²) < 4.78 is 0. The van der Waals surface area contributed by atoms with E-state index in [2.05, 4.69) is 18.7 Å². The van der Waals surface area contributed by atoms with Gasteiger partial charge >= 0.3 is 0 Å². The Kier molecular flexibility index (Phi) is 1.71.